The van der Waals surface area contributed by atoms with Gasteiger partial charge >= 0.3 is 0 Å². The molecule has 2 nitrogen and oxygen atoms in total. The maximum atomic E-state index is 7.26. The second kappa shape index (κ2) is 68.5. The van der Waals surface area contributed by atoms with Gasteiger partial charge in [0.2, 0.25) is 0 Å². The topological polar surface area (TPSA) is 47.6 Å². The van der Waals surface area contributed by atoms with Crippen molar-refractivity contribution in [1.29, 1.82) is 10.5 Å². The zero-order valence-corrected chi connectivity index (χ0v) is 3.94. The summed E-state index contributed by atoms with van der Waals surface area (Å²) in [6.45, 7) is 0. The first-order valence-corrected chi connectivity index (χ1v) is 0.697. The first kappa shape index (κ1) is 35.6. The van der Waals surface area contributed by atoms with Crippen LogP contribution in [0.4, 0.5) is 9.41 Å². The van der Waals surface area contributed by atoms with Gasteiger partial charge in [-0.05, 0) is 0 Å². The van der Waals surface area contributed by atoms with Crippen LogP contribution >= 0.6 is 12.4 Å². The third kappa shape index (κ3) is 2970. The number of nitriles is 2. The standard InChI is InChI=1S/C2N2.ClH.2FH/c3-1-2-4;;;/h;3*1H. The van der Waals surface area contributed by atoms with E-state index >= 15 is 0 Å². The lowest BCUT2D eigenvalue weighted by Gasteiger charge is -1.16. The molecule has 42 valence electrons. The average molecular weight is 129 g/mol. The van der Waals surface area contributed by atoms with Gasteiger partial charge in [0, 0.05) is 0 Å². The van der Waals surface area contributed by atoms with Crippen LogP contribution in [0.1, 0.15) is 0 Å². The molecule has 0 saturated carbocycles. The lowest BCUT2D eigenvalue weighted by atomic mass is 10.9. The van der Waals surface area contributed by atoms with E-state index in [0.717, 1.165) is 0 Å². The van der Waals surface area contributed by atoms with E-state index in [9.17, 15) is 0 Å². The summed E-state index contributed by atoms with van der Waals surface area (Å²) in [5.74, 6) is 0. The second-order valence-corrected chi connectivity index (χ2v) is 0.224. The molecule has 0 aliphatic heterocycles. The fourth-order valence-corrected chi connectivity index (χ4v) is 0. The highest BCUT2D eigenvalue weighted by Gasteiger charge is 1.39. The highest BCUT2D eigenvalue weighted by atomic mass is 35.5. The van der Waals surface area contributed by atoms with Gasteiger partial charge in [0.25, 0.3) is 0 Å². The van der Waals surface area contributed by atoms with Gasteiger partial charge in [0.1, 0.15) is 0 Å². The van der Waals surface area contributed by atoms with E-state index in [1.54, 1.807) is 0 Å². The van der Waals surface area contributed by atoms with Gasteiger partial charge in [-0.2, -0.15) is 10.5 Å². The van der Waals surface area contributed by atoms with Crippen LogP contribution < -0.4 is 0 Å². The molecule has 0 saturated heterocycles. The molecular weight excluding hydrogens is 125 g/mol. The second-order valence-electron chi connectivity index (χ2n) is 0.224. The molecule has 7 heavy (non-hydrogen) atoms. The average Bonchev–Trinajstić information content (AvgIpc) is 1.37. The van der Waals surface area contributed by atoms with Crippen LogP contribution in [-0.4, -0.2) is 0 Å². The van der Waals surface area contributed by atoms with E-state index in [1.165, 1.54) is 12.1 Å². The van der Waals surface area contributed by atoms with E-state index in [0.29, 0.717) is 0 Å². The number of hydrogen-bond acceptors (Lipinski definition) is 2. The Morgan fingerprint density at radius 1 is 0.857 bits per heavy atom. The van der Waals surface area contributed by atoms with Gasteiger partial charge in [-0.15, -0.1) is 12.4 Å². The van der Waals surface area contributed by atoms with Crippen molar-refractivity contribution < 1.29 is 9.41 Å². The summed E-state index contributed by atoms with van der Waals surface area (Å²) in [4.78, 5) is 0. The van der Waals surface area contributed by atoms with Crippen molar-refractivity contribution in [3.05, 3.63) is 0 Å². The zero-order valence-electron chi connectivity index (χ0n) is 3.12. The van der Waals surface area contributed by atoms with Crippen molar-refractivity contribution in [3.63, 3.8) is 0 Å². The molecule has 0 aromatic heterocycles. The van der Waals surface area contributed by atoms with Crippen LogP contribution in [0.2, 0.25) is 0 Å². The molecule has 0 amide bonds. The molecule has 0 aromatic rings. The Hall–Kier alpha value is -0.870. The predicted molar refractivity (Wildman–Crippen MR) is 23.5 cm³/mol. The number of nitrogens with zero attached hydrogens (tertiary/aromatic N) is 2. The zero-order chi connectivity index (χ0) is 3.41. The van der Waals surface area contributed by atoms with E-state index < -0.39 is 0 Å². The smallest absolute Gasteiger partial charge is 0.181 e. The van der Waals surface area contributed by atoms with Gasteiger partial charge in [-0.1, -0.05) is 0 Å². The molecule has 0 aromatic carbocycles. The molecule has 0 spiro atoms. The molecule has 0 fully saturated rings. The quantitative estimate of drug-likeness (QED) is 0.484. The molecule has 0 rings (SSSR count). The predicted octanol–water partition coefficient (Wildman–Crippen LogP) is 0.760. The van der Waals surface area contributed by atoms with Crippen LogP contribution in [0.3, 0.4) is 0 Å². The summed E-state index contributed by atoms with van der Waals surface area (Å²) in [5, 5.41) is 14.5. The van der Waals surface area contributed by atoms with E-state index in [2.05, 4.69) is 0 Å². The Kier molecular flexibility index (Phi) is 348. The lowest BCUT2D eigenvalue weighted by Crippen LogP contribution is -1.26. The fourth-order valence-electron chi connectivity index (χ4n) is 0. The third-order valence-electron chi connectivity index (χ3n) is 0.0500. The summed E-state index contributed by atoms with van der Waals surface area (Å²) < 4.78 is 0. The number of rotatable bonds is 0. The molecule has 0 N–H and O–H groups in total. The molecule has 0 atom stereocenters. The summed E-state index contributed by atoms with van der Waals surface area (Å²) in [6, 6.07) is 2.47. The van der Waals surface area contributed by atoms with Crippen molar-refractivity contribution in [2.75, 3.05) is 0 Å². The molecule has 5 heteroatoms. The number of halogens is 3. The van der Waals surface area contributed by atoms with Crippen molar-refractivity contribution in [3.8, 4) is 12.1 Å². The van der Waals surface area contributed by atoms with Crippen LogP contribution in [0.5, 0.6) is 0 Å². The van der Waals surface area contributed by atoms with Gasteiger partial charge in [0.05, 0.1) is 0 Å². The Balaban J connectivity index is -0.0000000150. The van der Waals surface area contributed by atoms with Gasteiger partial charge in [0.15, 0.2) is 12.1 Å². The minimum Gasteiger partial charge on any atom is -0.269 e. The lowest BCUT2D eigenvalue weighted by molar-refractivity contribution is 1.11. The maximum absolute atomic E-state index is 7.26. The first-order chi connectivity index (χ1) is 1.91. The Bertz CT molecular complexity index is 68.7. The largest absolute Gasteiger partial charge is 0.269 e. The summed E-state index contributed by atoms with van der Waals surface area (Å²) in [7, 11) is 0. The van der Waals surface area contributed by atoms with Gasteiger partial charge in [-0.3, -0.25) is 9.41 Å². The molecule has 0 radical (unpaired) electrons. The Morgan fingerprint density at radius 3 is 1.00 bits per heavy atom. The molecule has 0 bridgehead atoms. The van der Waals surface area contributed by atoms with Crippen molar-refractivity contribution >= 4 is 12.4 Å². The van der Waals surface area contributed by atoms with Crippen LogP contribution in [0.15, 0.2) is 0 Å². The van der Waals surface area contributed by atoms with Crippen LogP contribution in [0, 0.1) is 22.7 Å². The molecule has 0 unspecified atom stereocenters. The normalized spacial score (nSPS) is 1.43. The van der Waals surface area contributed by atoms with Crippen molar-refractivity contribution in [2.24, 2.45) is 0 Å². The van der Waals surface area contributed by atoms with Crippen molar-refractivity contribution in [1.82, 2.24) is 0 Å². The molecular formula is C2H3ClF2N2. The maximum Gasteiger partial charge on any atom is 0.181 e. The minimum absolute atomic E-state index is 0. The Labute approximate surface area is 45.5 Å². The molecule has 0 aliphatic rings. The fraction of sp³-hybridized carbons (Fsp3) is 0. The van der Waals surface area contributed by atoms with Gasteiger partial charge in [-0.25, -0.2) is 0 Å². The summed E-state index contributed by atoms with van der Waals surface area (Å²) in [5.41, 5.74) is 0. The highest BCUT2D eigenvalue weighted by Crippen LogP contribution is 1.27. The highest BCUT2D eigenvalue weighted by molar-refractivity contribution is 5.85. The van der Waals surface area contributed by atoms with E-state index in [-0.39, 0.29) is 21.8 Å². The minimum atomic E-state index is 0. The Morgan fingerprint density at radius 2 is 1.00 bits per heavy atom. The summed E-state index contributed by atoms with van der Waals surface area (Å²) >= 11 is 0. The molecule has 0 aliphatic carbocycles. The number of hydrogen-bond donors (Lipinski definition) is 0. The van der Waals surface area contributed by atoms with E-state index in [1.807, 2.05) is 0 Å². The third-order valence-corrected chi connectivity index (χ3v) is 0.0500. The summed E-state index contributed by atoms with van der Waals surface area (Å²) in [6.07, 6.45) is 0. The van der Waals surface area contributed by atoms with E-state index in [4.69, 9.17) is 10.5 Å². The molecule has 0 heterocycles. The van der Waals surface area contributed by atoms with Crippen LogP contribution in [-0.2, 0) is 0 Å². The van der Waals surface area contributed by atoms with Gasteiger partial charge < -0.3 is 0 Å². The van der Waals surface area contributed by atoms with Crippen molar-refractivity contribution in [2.45, 2.75) is 0 Å². The first-order valence-electron chi connectivity index (χ1n) is 0.697. The SMILES string of the molecule is Cl.F.F.N#CC#N. The van der Waals surface area contributed by atoms with Crippen LogP contribution in [0.25, 0.3) is 0 Å². The monoisotopic (exact) mass is 128 g/mol.